The summed E-state index contributed by atoms with van der Waals surface area (Å²) in [5.41, 5.74) is 3.18. The molecule has 2 aromatic heterocycles. The summed E-state index contributed by atoms with van der Waals surface area (Å²) in [7, 11) is 0. The fourth-order valence-electron chi connectivity index (χ4n) is 2.23. The smallest absolute Gasteiger partial charge is 0.112 e. The number of thioether (sulfide) groups is 1. The number of hydrogen-bond acceptors (Lipinski definition) is 4. The summed E-state index contributed by atoms with van der Waals surface area (Å²) in [4.78, 5) is 11.4. The number of pyridine rings is 2. The predicted octanol–water partition coefficient (Wildman–Crippen LogP) is 3.34. The van der Waals surface area contributed by atoms with Crippen LogP contribution in [0.1, 0.15) is 6.42 Å². The highest BCUT2D eigenvalue weighted by atomic mass is 79.9. The molecule has 18 heavy (non-hydrogen) atoms. The molecule has 1 saturated heterocycles. The summed E-state index contributed by atoms with van der Waals surface area (Å²) in [5.74, 6) is 2.46. The molecule has 3 heterocycles. The van der Waals surface area contributed by atoms with Crippen molar-refractivity contribution in [2.75, 3.05) is 29.5 Å². The summed E-state index contributed by atoms with van der Waals surface area (Å²) in [6.07, 6.45) is 4.97. The van der Waals surface area contributed by atoms with Crippen LogP contribution in [-0.2, 0) is 0 Å². The Bertz CT molecular complexity index is 553. The van der Waals surface area contributed by atoms with E-state index < -0.39 is 0 Å². The van der Waals surface area contributed by atoms with Crippen molar-refractivity contribution in [2.45, 2.75) is 6.42 Å². The molecule has 2 aromatic rings. The monoisotopic (exact) mass is 323 g/mol. The molecular weight excluding hydrogens is 310 g/mol. The lowest BCUT2D eigenvalue weighted by Gasteiger charge is -2.23. The average Bonchev–Trinajstić information content (AvgIpc) is 2.66. The zero-order valence-corrected chi connectivity index (χ0v) is 12.4. The molecule has 3 nitrogen and oxygen atoms in total. The number of nitrogens with zero attached hydrogens (tertiary/aromatic N) is 3. The Morgan fingerprint density at radius 1 is 1.22 bits per heavy atom. The van der Waals surface area contributed by atoms with Crippen LogP contribution >= 0.6 is 27.7 Å². The SMILES string of the molecule is Brc1cnc2c(N3CCCSCC3)ccnc2c1. The van der Waals surface area contributed by atoms with E-state index in [0.717, 1.165) is 28.6 Å². The molecule has 94 valence electrons. The number of halogens is 1. The Labute approximate surface area is 119 Å². The summed E-state index contributed by atoms with van der Waals surface area (Å²) in [6.45, 7) is 2.21. The Kier molecular flexibility index (Phi) is 3.70. The van der Waals surface area contributed by atoms with Gasteiger partial charge in [-0.05, 0) is 40.2 Å². The second kappa shape index (κ2) is 5.45. The zero-order valence-electron chi connectivity index (χ0n) is 9.97. The maximum Gasteiger partial charge on any atom is 0.112 e. The van der Waals surface area contributed by atoms with Gasteiger partial charge >= 0.3 is 0 Å². The molecule has 0 aliphatic carbocycles. The summed E-state index contributed by atoms with van der Waals surface area (Å²) < 4.78 is 0.978. The molecule has 0 radical (unpaired) electrons. The Morgan fingerprint density at radius 2 is 2.17 bits per heavy atom. The molecule has 0 spiro atoms. The molecule has 0 atom stereocenters. The molecule has 1 aliphatic rings. The van der Waals surface area contributed by atoms with Crippen molar-refractivity contribution in [1.82, 2.24) is 9.97 Å². The molecule has 0 aromatic carbocycles. The topological polar surface area (TPSA) is 29.0 Å². The zero-order chi connectivity index (χ0) is 12.4. The lowest BCUT2D eigenvalue weighted by atomic mass is 10.2. The number of hydrogen-bond donors (Lipinski definition) is 0. The fraction of sp³-hybridized carbons (Fsp3) is 0.385. The van der Waals surface area contributed by atoms with Gasteiger partial charge in [0, 0.05) is 35.7 Å². The van der Waals surface area contributed by atoms with Gasteiger partial charge in [-0.1, -0.05) is 0 Å². The van der Waals surface area contributed by atoms with E-state index in [1.807, 2.05) is 30.2 Å². The molecule has 1 fully saturated rings. The van der Waals surface area contributed by atoms with Crippen LogP contribution < -0.4 is 4.90 Å². The molecule has 5 heteroatoms. The Hall–Kier alpha value is -0.810. The number of anilines is 1. The number of rotatable bonds is 1. The van der Waals surface area contributed by atoms with E-state index in [9.17, 15) is 0 Å². The average molecular weight is 324 g/mol. The van der Waals surface area contributed by atoms with E-state index in [1.165, 1.54) is 23.6 Å². The molecule has 0 unspecified atom stereocenters. The maximum atomic E-state index is 4.53. The largest absolute Gasteiger partial charge is 0.369 e. The number of aromatic nitrogens is 2. The minimum absolute atomic E-state index is 0.957. The third kappa shape index (κ3) is 2.47. The normalized spacial score (nSPS) is 16.8. The first-order valence-corrected chi connectivity index (χ1v) is 8.02. The van der Waals surface area contributed by atoms with Gasteiger partial charge in [-0.25, -0.2) is 0 Å². The van der Waals surface area contributed by atoms with Crippen LogP contribution in [0.15, 0.2) is 29.0 Å². The molecule has 0 N–H and O–H groups in total. The van der Waals surface area contributed by atoms with Gasteiger partial charge in [0.15, 0.2) is 0 Å². The second-order valence-corrected chi connectivity index (χ2v) is 6.44. The molecule has 0 amide bonds. The van der Waals surface area contributed by atoms with Gasteiger partial charge in [-0.2, -0.15) is 11.8 Å². The van der Waals surface area contributed by atoms with E-state index >= 15 is 0 Å². The summed E-state index contributed by atoms with van der Waals surface area (Å²) in [5, 5.41) is 0. The Morgan fingerprint density at radius 3 is 3.11 bits per heavy atom. The van der Waals surface area contributed by atoms with Crippen molar-refractivity contribution in [1.29, 1.82) is 0 Å². The first-order chi connectivity index (χ1) is 8.84. The van der Waals surface area contributed by atoms with Crippen LogP contribution in [0.5, 0.6) is 0 Å². The highest BCUT2D eigenvalue weighted by molar-refractivity contribution is 9.10. The van der Waals surface area contributed by atoms with Crippen molar-refractivity contribution in [2.24, 2.45) is 0 Å². The van der Waals surface area contributed by atoms with Crippen LogP contribution in [0.4, 0.5) is 5.69 Å². The van der Waals surface area contributed by atoms with Crippen LogP contribution in [0, 0.1) is 0 Å². The highest BCUT2D eigenvalue weighted by Crippen LogP contribution is 2.26. The van der Waals surface area contributed by atoms with Crippen LogP contribution in [0.25, 0.3) is 11.0 Å². The molecule has 0 bridgehead atoms. The van der Waals surface area contributed by atoms with Crippen LogP contribution in [0.3, 0.4) is 0 Å². The van der Waals surface area contributed by atoms with Crippen LogP contribution in [-0.4, -0.2) is 34.6 Å². The molecular formula is C13H14BrN3S. The predicted molar refractivity (Wildman–Crippen MR) is 81.4 cm³/mol. The first-order valence-electron chi connectivity index (χ1n) is 6.07. The van der Waals surface area contributed by atoms with E-state index in [2.05, 4.69) is 36.9 Å². The minimum Gasteiger partial charge on any atom is -0.369 e. The molecule has 0 saturated carbocycles. The number of fused-ring (bicyclic) bond motifs is 1. The van der Waals surface area contributed by atoms with Gasteiger partial charge < -0.3 is 4.90 Å². The van der Waals surface area contributed by atoms with Gasteiger partial charge in [0.2, 0.25) is 0 Å². The van der Waals surface area contributed by atoms with Crippen molar-refractivity contribution in [3.8, 4) is 0 Å². The quantitative estimate of drug-likeness (QED) is 0.805. The summed E-state index contributed by atoms with van der Waals surface area (Å²) in [6, 6.07) is 4.11. The second-order valence-electron chi connectivity index (χ2n) is 4.30. The maximum absolute atomic E-state index is 4.53. The fourth-order valence-corrected chi connectivity index (χ4v) is 3.44. The highest BCUT2D eigenvalue weighted by Gasteiger charge is 2.13. The van der Waals surface area contributed by atoms with Gasteiger partial charge in [0.25, 0.3) is 0 Å². The third-order valence-electron chi connectivity index (χ3n) is 3.09. The third-order valence-corrected chi connectivity index (χ3v) is 4.57. The lowest BCUT2D eigenvalue weighted by Crippen LogP contribution is -2.25. The van der Waals surface area contributed by atoms with E-state index in [-0.39, 0.29) is 0 Å². The summed E-state index contributed by atoms with van der Waals surface area (Å²) >= 11 is 5.48. The van der Waals surface area contributed by atoms with Gasteiger partial charge in [-0.3, -0.25) is 9.97 Å². The van der Waals surface area contributed by atoms with Crippen molar-refractivity contribution in [3.05, 3.63) is 29.0 Å². The van der Waals surface area contributed by atoms with E-state index in [1.54, 1.807) is 0 Å². The van der Waals surface area contributed by atoms with Crippen molar-refractivity contribution < 1.29 is 0 Å². The molecule has 3 rings (SSSR count). The van der Waals surface area contributed by atoms with Crippen LogP contribution in [0.2, 0.25) is 0 Å². The van der Waals surface area contributed by atoms with Gasteiger partial charge in [0.1, 0.15) is 5.52 Å². The lowest BCUT2D eigenvalue weighted by molar-refractivity contribution is 0.818. The molecule has 1 aliphatic heterocycles. The first kappa shape index (κ1) is 12.2. The van der Waals surface area contributed by atoms with Crippen molar-refractivity contribution in [3.63, 3.8) is 0 Å². The van der Waals surface area contributed by atoms with E-state index in [4.69, 9.17) is 0 Å². The minimum atomic E-state index is 0.957. The van der Waals surface area contributed by atoms with E-state index in [0.29, 0.717) is 0 Å². The van der Waals surface area contributed by atoms with Gasteiger partial charge in [-0.15, -0.1) is 0 Å². The van der Waals surface area contributed by atoms with Crippen molar-refractivity contribution >= 4 is 44.4 Å². The van der Waals surface area contributed by atoms with Gasteiger partial charge in [0.05, 0.1) is 11.2 Å². The Balaban J connectivity index is 2.04. The standard InChI is InChI=1S/C13H14BrN3S/c14-10-8-11-13(16-9-10)12(2-3-15-11)17-4-1-6-18-7-5-17/h2-3,8-9H,1,4-7H2.